The molecule has 1 aromatic carbocycles. The van der Waals surface area contributed by atoms with Crippen LogP contribution in [0.1, 0.15) is 30.7 Å². The van der Waals surface area contributed by atoms with Gasteiger partial charge in [-0.15, -0.1) is 0 Å². The number of amides is 1. The quantitative estimate of drug-likeness (QED) is 0.567. The van der Waals surface area contributed by atoms with Crippen molar-refractivity contribution < 1.29 is 9.18 Å². The maximum Gasteiger partial charge on any atom is 0.256 e. The summed E-state index contributed by atoms with van der Waals surface area (Å²) in [4.78, 5) is 36.0. The zero-order valence-electron chi connectivity index (χ0n) is 16.2. The van der Waals surface area contributed by atoms with Crippen LogP contribution >= 0.6 is 11.8 Å². The number of H-pyrrole nitrogens is 1. The number of aromatic nitrogens is 2. The summed E-state index contributed by atoms with van der Waals surface area (Å²) in [5, 5.41) is 0.497. The first kappa shape index (κ1) is 20.5. The zero-order chi connectivity index (χ0) is 20.1. The first-order chi connectivity index (χ1) is 13.5. The third-order valence-electron chi connectivity index (χ3n) is 4.89. The van der Waals surface area contributed by atoms with E-state index in [-0.39, 0.29) is 23.0 Å². The molecule has 6 nitrogen and oxygen atoms in total. The minimum Gasteiger partial charge on any atom is -0.343 e. The van der Waals surface area contributed by atoms with E-state index in [1.807, 2.05) is 13.8 Å². The molecule has 0 atom stereocenters. The molecule has 0 bridgehead atoms. The van der Waals surface area contributed by atoms with Crippen LogP contribution in [-0.2, 0) is 24.3 Å². The van der Waals surface area contributed by atoms with Gasteiger partial charge in [-0.05, 0) is 31.5 Å². The lowest BCUT2D eigenvalue weighted by molar-refractivity contribution is -0.127. The monoisotopic (exact) mass is 404 g/mol. The predicted octanol–water partition coefficient (Wildman–Crippen LogP) is 2.43. The van der Waals surface area contributed by atoms with E-state index in [1.54, 1.807) is 17.0 Å². The zero-order valence-corrected chi connectivity index (χ0v) is 17.0. The topological polar surface area (TPSA) is 69.3 Å². The van der Waals surface area contributed by atoms with Crippen molar-refractivity contribution in [3.05, 3.63) is 57.3 Å². The summed E-state index contributed by atoms with van der Waals surface area (Å²) < 4.78 is 13.1. The number of hydrogen-bond donors (Lipinski definition) is 1. The maximum atomic E-state index is 13.1. The van der Waals surface area contributed by atoms with E-state index in [2.05, 4.69) is 14.9 Å². The van der Waals surface area contributed by atoms with E-state index in [0.717, 1.165) is 17.8 Å². The second-order valence-corrected chi connectivity index (χ2v) is 7.70. The molecule has 150 valence electrons. The highest BCUT2D eigenvalue weighted by Crippen LogP contribution is 2.20. The van der Waals surface area contributed by atoms with Gasteiger partial charge < -0.3 is 9.88 Å². The van der Waals surface area contributed by atoms with Crippen LogP contribution in [-0.4, -0.2) is 51.1 Å². The molecule has 1 aliphatic heterocycles. The number of thioether (sulfide) groups is 1. The van der Waals surface area contributed by atoms with Crippen LogP contribution in [0, 0.1) is 5.82 Å². The van der Waals surface area contributed by atoms with Gasteiger partial charge >= 0.3 is 0 Å². The van der Waals surface area contributed by atoms with Crippen LogP contribution in [0.25, 0.3) is 0 Å². The molecule has 1 N–H and O–H groups in total. The average Bonchev–Trinajstić information content (AvgIpc) is 2.69. The third kappa shape index (κ3) is 4.99. The van der Waals surface area contributed by atoms with Crippen molar-refractivity contribution in [1.82, 2.24) is 19.8 Å². The molecule has 2 heterocycles. The Labute approximate surface area is 168 Å². The maximum absolute atomic E-state index is 13.1. The SMILES string of the molecule is CCN(CC)C(=O)CSc1nc2c(c(=O)[nH]1)CN(Cc1ccc(F)cc1)CC2. The molecule has 1 amide bonds. The van der Waals surface area contributed by atoms with Gasteiger partial charge in [0.1, 0.15) is 5.82 Å². The van der Waals surface area contributed by atoms with Gasteiger partial charge in [0.15, 0.2) is 5.16 Å². The fraction of sp³-hybridized carbons (Fsp3) is 0.450. The molecule has 0 saturated carbocycles. The molecule has 0 unspecified atom stereocenters. The average molecular weight is 405 g/mol. The molecular formula is C20H25FN4O2S. The van der Waals surface area contributed by atoms with Gasteiger partial charge in [-0.25, -0.2) is 9.37 Å². The van der Waals surface area contributed by atoms with Gasteiger partial charge in [-0.1, -0.05) is 23.9 Å². The van der Waals surface area contributed by atoms with Crippen molar-refractivity contribution in [3.8, 4) is 0 Å². The van der Waals surface area contributed by atoms with Crippen molar-refractivity contribution in [2.45, 2.75) is 38.5 Å². The number of fused-ring (bicyclic) bond motifs is 1. The first-order valence-corrected chi connectivity index (χ1v) is 10.5. The van der Waals surface area contributed by atoms with Crippen molar-refractivity contribution in [1.29, 1.82) is 0 Å². The molecule has 0 fully saturated rings. The molecule has 0 radical (unpaired) electrons. The second-order valence-electron chi connectivity index (χ2n) is 6.74. The molecule has 1 aromatic heterocycles. The van der Waals surface area contributed by atoms with E-state index in [9.17, 15) is 14.0 Å². The van der Waals surface area contributed by atoms with Crippen LogP contribution in [0.3, 0.4) is 0 Å². The lowest BCUT2D eigenvalue weighted by Gasteiger charge is -2.27. The normalized spacial score (nSPS) is 14.0. The summed E-state index contributed by atoms with van der Waals surface area (Å²) in [5.41, 5.74) is 2.34. The Morgan fingerprint density at radius 2 is 2.00 bits per heavy atom. The minimum absolute atomic E-state index is 0.0424. The number of halogens is 1. The Morgan fingerprint density at radius 1 is 1.29 bits per heavy atom. The van der Waals surface area contributed by atoms with Crippen molar-refractivity contribution in [2.24, 2.45) is 0 Å². The van der Waals surface area contributed by atoms with Crippen LogP contribution in [0.15, 0.2) is 34.2 Å². The highest BCUT2D eigenvalue weighted by atomic mass is 32.2. The van der Waals surface area contributed by atoms with Crippen molar-refractivity contribution in [3.63, 3.8) is 0 Å². The van der Waals surface area contributed by atoms with Crippen molar-refractivity contribution in [2.75, 3.05) is 25.4 Å². The Balaban J connectivity index is 1.65. The summed E-state index contributed by atoms with van der Waals surface area (Å²) >= 11 is 1.27. The number of benzene rings is 1. The number of rotatable bonds is 7. The largest absolute Gasteiger partial charge is 0.343 e. The number of carbonyl (C=O) groups is 1. The summed E-state index contributed by atoms with van der Waals surface area (Å²) in [5.74, 6) is 0.0545. The Kier molecular flexibility index (Phi) is 6.85. The second kappa shape index (κ2) is 9.34. The third-order valence-corrected chi connectivity index (χ3v) is 5.75. The predicted molar refractivity (Wildman–Crippen MR) is 108 cm³/mol. The fourth-order valence-electron chi connectivity index (χ4n) is 3.31. The summed E-state index contributed by atoms with van der Waals surface area (Å²) in [7, 11) is 0. The molecule has 28 heavy (non-hydrogen) atoms. The van der Waals surface area contributed by atoms with Crippen LogP contribution < -0.4 is 5.56 Å². The highest BCUT2D eigenvalue weighted by Gasteiger charge is 2.22. The van der Waals surface area contributed by atoms with Gasteiger partial charge in [0.05, 0.1) is 17.0 Å². The number of carbonyl (C=O) groups excluding carboxylic acids is 1. The van der Waals surface area contributed by atoms with Gasteiger partial charge in [0.2, 0.25) is 5.91 Å². The number of nitrogens with one attached hydrogen (secondary N) is 1. The van der Waals surface area contributed by atoms with Crippen LogP contribution in [0.4, 0.5) is 4.39 Å². The van der Waals surface area contributed by atoms with E-state index in [4.69, 9.17) is 0 Å². The molecule has 1 aliphatic rings. The Morgan fingerprint density at radius 3 is 2.68 bits per heavy atom. The summed E-state index contributed by atoms with van der Waals surface area (Å²) in [6.07, 6.45) is 0.679. The van der Waals surface area contributed by atoms with Crippen molar-refractivity contribution >= 4 is 17.7 Å². The summed E-state index contributed by atoms with van der Waals surface area (Å²) in [6, 6.07) is 6.43. The fourth-order valence-corrected chi connectivity index (χ4v) is 4.09. The summed E-state index contributed by atoms with van der Waals surface area (Å²) in [6.45, 7) is 7.20. The molecular weight excluding hydrogens is 379 g/mol. The molecule has 2 aromatic rings. The lowest BCUT2D eigenvalue weighted by Crippen LogP contribution is -2.35. The first-order valence-electron chi connectivity index (χ1n) is 9.49. The van der Waals surface area contributed by atoms with Crippen LogP contribution in [0.5, 0.6) is 0 Å². The number of hydrogen-bond acceptors (Lipinski definition) is 5. The van der Waals surface area contributed by atoms with E-state index in [1.165, 1.54) is 23.9 Å². The van der Waals surface area contributed by atoms with E-state index >= 15 is 0 Å². The van der Waals surface area contributed by atoms with Gasteiger partial charge in [0.25, 0.3) is 5.56 Å². The van der Waals surface area contributed by atoms with Gasteiger partial charge in [-0.2, -0.15) is 0 Å². The van der Waals surface area contributed by atoms with Gasteiger partial charge in [0, 0.05) is 39.1 Å². The van der Waals surface area contributed by atoms with E-state index < -0.39 is 0 Å². The highest BCUT2D eigenvalue weighted by molar-refractivity contribution is 7.99. The Hall–Kier alpha value is -2.19. The van der Waals surface area contributed by atoms with Gasteiger partial charge in [-0.3, -0.25) is 14.5 Å². The molecule has 0 saturated heterocycles. The lowest BCUT2D eigenvalue weighted by atomic mass is 10.1. The molecule has 3 rings (SSSR count). The van der Waals surface area contributed by atoms with E-state index in [0.29, 0.717) is 43.3 Å². The number of aromatic amines is 1. The smallest absolute Gasteiger partial charge is 0.256 e. The van der Waals surface area contributed by atoms with Crippen LogP contribution in [0.2, 0.25) is 0 Å². The standard InChI is InChI=1S/C20H25FN4O2S/c1-3-25(4-2)18(26)13-28-20-22-17-9-10-24(12-16(17)19(27)23-20)11-14-5-7-15(21)8-6-14/h5-8H,3-4,9-13H2,1-2H3,(H,22,23,27). The minimum atomic E-state index is -0.252. The Bertz CT molecular complexity index is 881. The molecule has 0 aliphatic carbocycles. The molecule has 0 spiro atoms. The number of nitrogens with zero attached hydrogens (tertiary/aromatic N) is 3. The molecule has 8 heteroatoms.